The fourth-order valence-corrected chi connectivity index (χ4v) is 13.6. The lowest BCUT2D eigenvalue weighted by Gasteiger charge is -2.43. The van der Waals surface area contributed by atoms with Gasteiger partial charge in [-0.25, -0.2) is 0 Å². The predicted octanol–water partition coefficient (Wildman–Crippen LogP) is 15.2. The van der Waals surface area contributed by atoms with Crippen molar-refractivity contribution >= 4 is 78.0 Å². The minimum Gasteiger partial charge on any atom is -0.311 e. The van der Waals surface area contributed by atoms with Crippen LogP contribution in [-0.2, 0) is 10.8 Å². The fourth-order valence-electron chi connectivity index (χ4n) is 12.2. The van der Waals surface area contributed by atoms with Gasteiger partial charge < -0.3 is 9.80 Å². The van der Waals surface area contributed by atoms with Crippen molar-refractivity contribution in [1.29, 1.82) is 0 Å². The number of anilines is 6. The van der Waals surface area contributed by atoms with E-state index in [1.807, 2.05) is 11.3 Å². The summed E-state index contributed by atoms with van der Waals surface area (Å²) in [6.07, 6.45) is 0. The predicted molar refractivity (Wildman–Crippen MR) is 284 cm³/mol. The summed E-state index contributed by atoms with van der Waals surface area (Å²) in [6, 6.07) is 63.9. The van der Waals surface area contributed by atoms with Crippen LogP contribution in [0.4, 0.5) is 34.1 Å². The highest BCUT2D eigenvalue weighted by atomic mass is 32.1. The van der Waals surface area contributed by atoms with Crippen LogP contribution in [-0.4, -0.2) is 6.71 Å². The Hall–Kier alpha value is -6.62. The normalized spacial score (nSPS) is 14.7. The molecule has 0 radical (unpaired) electrons. The van der Waals surface area contributed by atoms with E-state index in [4.69, 9.17) is 0 Å². The summed E-state index contributed by atoms with van der Waals surface area (Å²) in [5, 5.41) is 1.32. The summed E-state index contributed by atoms with van der Waals surface area (Å²) >= 11 is 2.01. The third-order valence-corrected chi connectivity index (χ3v) is 16.6. The first-order valence-electron chi connectivity index (χ1n) is 23.9. The summed E-state index contributed by atoms with van der Waals surface area (Å²) in [4.78, 5) is 5.17. The van der Waals surface area contributed by atoms with Gasteiger partial charge in [0.1, 0.15) is 0 Å². The summed E-state index contributed by atoms with van der Waals surface area (Å²) in [6.45, 7) is 18.5. The van der Waals surface area contributed by atoms with E-state index in [-0.39, 0.29) is 12.1 Å². The third-order valence-electron chi connectivity index (χ3n) is 15.4. The van der Waals surface area contributed by atoms with E-state index in [9.17, 15) is 0 Å². The summed E-state index contributed by atoms with van der Waals surface area (Å²) < 4.78 is 2.74. The second kappa shape index (κ2) is 14.0. The number of hydrogen-bond acceptors (Lipinski definition) is 3. The molecule has 320 valence electrons. The van der Waals surface area contributed by atoms with Crippen molar-refractivity contribution in [1.82, 2.24) is 0 Å². The van der Waals surface area contributed by atoms with Gasteiger partial charge in [-0.1, -0.05) is 158 Å². The third kappa shape index (κ3) is 5.31. The molecule has 0 atom stereocenters. The van der Waals surface area contributed by atoms with Crippen LogP contribution >= 0.6 is 11.3 Å². The largest absolute Gasteiger partial charge is 0.311 e. The van der Waals surface area contributed by atoms with E-state index < -0.39 is 5.41 Å². The number of hydrogen-bond donors (Lipinski definition) is 0. The maximum atomic E-state index is 2.64. The topological polar surface area (TPSA) is 6.48 Å². The molecular formula is C62H53BN2S. The average molecular weight is 869 g/mol. The molecule has 2 nitrogen and oxygen atoms in total. The highest BCUT2D eigenvalue weighted by Gasteiger charge is 2.53. The van der Waals surface area contributed by atoms with Crippen molar-refractivity contribution in [3.05, 3.63) is 208 Å². The monoisotopic (exact) mass is 868 g/mol. The first-order chi connectivity index (χ1) is 31.9. The molecule has 0 bridgehead atoms. The molecule has 1 aromatic heterocycles. The lowest BCUT2D eigenvalue weighted by atomic mass is 9.36. The SMILES string of the molecule is Cc1cc2c3c(c1)N(c1ccc(C(C)(C)C)cc1)c1c(sc4cc5c(cc14)-c1ccc(C(C)C)cc1C51c4ccccc4-c4ccccc41)B3c1ccccc1N2c1ccc(C(C)C)cc1. The summed E-state index contributed by atoms with van der Waals surface area (Å²) in [5.41, 5.74) is 26.2. The Kier molecular flexibility index (Phi) is 8.40. The minimum atomic E-state index is -0.416. The average Bonchev–Trinajstić information content (AvgIpc) is 3.94. The van der Waals surface area contributed by atoms with Crippen LogP contribution in [0.5, 0.6) is 0 Å². The van der Waals surface area contributed by atoms with Gasteiger partial charge in [-0.3, -0.25) is 0 Å². The van der Waals surface area contributed by atoms with Crippen molar-refractivity contribution in [3.63, 3.8) is 0 Å². The Labute approximate surface area is 394 Å². The molecule has 0 fully saturated rings. The molecule has 0 saturated heterocycles. The molecule has 0 N–H and O–H groups in total. The zero-order chi connectivity index (χ0) is 45.0. The molecule has 66 heavy (non-hydrogen) atoms. The highest BCUT2D eigenvalue weighted by molar-refractivity contribution is 7.33. The lowest BCUT2D eigenvalue weighted by Crippen LogP contribution is -2.60. The Bertz CT molecular complexity index is 3450. The maximum Gasteiger partial charge on any atom is 0.264 e. The molecule has 9 aromatic rings. The standard InChI is InChI=1S/C62H53BN2S/c1-36(2)39-21-26-42(27-22-39)64-54-20-14-13-19-53(54)63-58-55(64)31-38(5)32-56(58)65(43-28-24-41(25-29-43)61(6,7)8)59-48-34-47-46-30-23-40(37(3)4)33-51(46)62(52(47)35-57(48)66-60(59)63)49-17-11-9-15-44(49)45-16-10-12-18-50(45)62/h9-37H,1-8H3. The van der Waals surface area contributed by atoms with E-state index in [0.29, 0.717) is 11.8 Å². The van der Waals surface area contributed by atoms with Crippen LogP contribution < -0.4 is 25.5 Å². The van der Waals surface area contributed by atoms with Crippen LogP contribution in [0.1, 0.15) is 105 Å². The van der Waals surface area contributed by atoms with E-state index in [2.05, 4.69) is 229 Å². The molecule has 8 aromatic carbocycles. The van der Waals surface area contributed by atoms with Crippen LogP contribution in [0.25, 0.3) is 32.3 Å². The fraction of sp³-hybridized carbons (Fsp3) is 0.194. The minimum absolute atomic E-state index is 0.0421. The zero-order valence-electron chi connectivity index (χ0n) is 39.1. The van der Waals surface area contributed by atoms with E-state index in [1.54, 1.807) is 0 Å². The number of nitrogens with zero attached hydrogens (tertiary/aromatic N) is 2. The number of thiophene rings is 1. The van der Waals surface area contributed by atoms with Gasteiger partial charge in [0.2, 0.25) is 0 Å². The molecule has 0 unspecified atom stereocenters. The molecule has 13 rings (SSSR count). The zero-order valence-corrected chi connectivity index (χ0v) is 39.9. The lowest BCUT2D eigenvalue weighted by molar-refractivity contribution is 0.590. The Morgan fingerprint density at radius 1 is 0.515 bits per heavy atom. The van der Waals surface area contributed by atoms with Gasteiger partial charge in [-0.2, -0.15) is 0 Å². The Morgan fingerprint density at radius 3 is 1.74 bits per heavy atom. The molecule has 4 aliphatic rings. The second-order valence-electron chi connectivity index (χ2n) is 20.9. The van der Waals surface area contributed by atoms with Crippen LogP contribution in [0.15, 0.2) is 164 Å². The molecule has 1 spiro atoms. The van der Waals surface area contributed by atoms with E-state index >= 15 is 0 Å². The number of para-hydroxylation sites is 1. The van der Waals surface area contributed by atoms with Gasteiger partial charge in [0, 0.05) is 43.3 Å². The molecule has 2 aliphatic carbocycles. The van der Waals surface area contributed by atoms with Crippen molar-refractivity contribution < 1.29 is 0 Å². The number of fused-ring (bicyclic) bond motifs is 16. The van der Waals surface area contributed by atoms with Gasteiger partial charge in [-0.05, 0) is 156 Å². The van der Waals surface area contributed by atoms with Crippen LogP contribution in [0.3, 0.4) is 0 Å². The first kappa shape index (κ1) is 39.7. The Balaban J connectivity index is 1.13. The van der Waals surface area contributed by atoms with Gasteiger partial charge in [0.15, 0.2) is 0 Å². The van der Waals surface area contributed by atoms with E-state index in [1.165, 1.54) is 127 Å². The van der Waals surface area contributed by atoms with Gasteiger partial charge >= 0.3 is 0 Å². The smallest absolute Gasteiger partial charge is 0.264 e. The summed E-state index contributed by atoms with van der Waals surface area (Å²) in [5.74, 6) is 0.882. The quantitative estimate of drug-likeness (QED) is 0.163. The van der Waals surface area contributed by atoms with Crippen LogP contribution in [0, 0.1) is 6.92 Å². The molecule has 0 saturated carbocycles. The van der Waals surface area contributed by atoms with E-state index in [0.717, 1.165) is 0 Å². The maximum absolute atomic E-state index is 2.64. The van der Waals surface area contributed by atoms with Crippen molar-refractivity contribution in [3.8, 4) is 22.3 Å². The first-order valence-corrected chi connectivity index (χ1v) is 24.7. The van der Waals surface area contributed by atoms with Crippen molar-refractivity contribution in [2.45, 2.75) is 78.1 Å². The van der Waals surface area contributed by atoms with Gasteiger partial charge in [0.05, 0.1) is 11.1 Å². The second-order valence-corrected chi connectivity index (χ2v) is 22.0. The number of aryl methyl sites for hydroxylation is 1. The van der Waals surface area contributed by atoms with Crippen molar-refractivity contribution in [2.24, 2.45) is 0 Å². The number of rotatable bonds is 4. The van der Waals surface area contributed by atoms with Gasteiger partial charge in [0.25, 0.3) is 6.71 Å². The molecule has 4 heteroatoms. The molecule has 2 aliphatic heterocycles. The molecular weight excluding hydrogens is 816 g/mol. The number of benzene rings is 8. The highest BCUT2D eigenvalue weighted by Crippen LogP contribution is 2.64. The van der Waals surface area contributed by atoms with Gasteiger partial charge in [-0.15, -0.1) is 11.3 Å². The Morgan fingerprint density at radius 2 is 1.08 bits per heavy atom. The summed E-state index contributed by atoms with van der Waals surface area (Å²) in [7, 11) is 0. The molecule has 0 amide bonds. The van der Waals surface area contributed by atoms with Crippen molar-refractivity contribution in [2.75, 3.05) is 9.80 Å². The van der Waals surface area contributed by atoms with Crippen LogP contribution in [0.2, 0.25) is 0 Å². The molecule has 3 heterocycles.